The van der Waals surface area contributed by atoms with E-state index in [-0.39, 0.29) is 41.9 Å². The number of aromatic hydroxyl groups is 1. The number of rotatable bonds is 6. The number of benzene rings is 1. The Bertz CT molecular complexity index is 1190. The van der Waals surface area contributed by atoms with Crippen molar-refractivity contribution in [1.82, 2.24) is 14.4 Å². The summed E-state index contributed by atoms with van der Waals surface area (Å²) >= 11 is 0. The Balaban J connectivity index is 1.65. The van der Waals surface area contributed by atoms with Gasteiger partial charge in [-0.2, -0.15) is 0 Å². The van der Waals surface area contributed by atoms with Crippen LogP contribution in [-0.2, 0) is 13.0 Å². The number of halogens is 2. The zero-order chi connectivity index (χ0) is 24.7. The number of aromatic nitrogens is 1. The molecule has 1 aromatic carbocycles. The highest BCUT2D eigenvalue weighted by atomic mass is 19.1. The molecule has 0 radical (unpaired) electrons. The van der Waals surface area contributed by atoms with Crippen molar-refractivity contribution >= 4 is 11.7 Å². The molecule has 1 fully saturated rings. The van der Waals surface area contributed by atoms with Crippen molar-refractivity contribution < 1.29 is 23.5 Å². The predicted molar refractivity (Wildman–Crippen MR) is 122 cm³/mol. The predicted octanol–water partition coefficient (Wildman–Crippen LogP) is 3.18. The van der Waals surface area contributed by atoms with E-state index in [4.69, 9.17) is 0 Å². The molecule has 2 aliphatic heterocycles. The molecule has 1 N–H and O–H groups in total. The van der Waals surface area contributed by atoms with Crippen molar-refractivity contribution in [3.8, 4) is 5.75 Å². The molecule has 0 unspecified atom stereocenters. The van der Waals surface area contributed by atoms with E-state index in [2.05, 4.69) is 18.7 Å². The van der Waals surface area contributed by atoms with Crippen molar-refractivity contribution in [1.29, 1.82) is 0 Å². The van der Waals surface area contributed by atoms with Crippen LogP contribution in [0.4, 0.5) is 8.78 Å². The lowest BCUT2D eigenvalue weighted by Crippen LogP contribution is -2.64. The fourth-order valence-electron chi connectivity index (χ4n) is 4.95. The van der Waals surface area contributed by atoms with Gasteiger partial charge < -0.3 is 14.6 Å². The van der Waals surface area contributed by atoms with Gasteiger partial charge in [0.05, 0.1) is 12.1 Å². The molecule has 0 bridgehead atoms. The second-order valence-electron chi connectivity index (χ2n) is 9.60. The van der Waals surface area contributed by atoms with Crippen molar-refractivity contribution in [3.63, 3.8) is 0 Å². The third-order valence-corrected chi connectivity index (χ3v) is 6.64. The highest BCUT2D eigenvalue weighted by Gasteiger charge is 2.43. The lowest BCUT2D eigenvalue weighted by atomic mass is 9.99. The Hall–Kier alpha value is -3.07. The zero-order valence-electron chi connectivity index (χ0n) is 19.6. The lowest BCUT2D eigenvalue weighted by molar-refractivity contribution is -0.0366. The van der Waals surface area contributed by atoms with Gasteiger partial charge in [-0.1, -0.05) is 19.9 Å². The van der Waals surface area contributed by atoms with Gasteiger partial charge in [-0.05, 0) is 37.3 Å². The number of nitrogens with zero attached hydrogens (tertiary/aromatic N) is 3. The number of ketones is 1. The molecule has 9 heteroatoms. The number of pyridine rings is 1. The second-order valence-corrected chi connectivity index (χ2v) is 9.60. The van der Waals surface area contributed by atoms with Gasteiger partial charge in [-0.15, -0.1) is 0 Å². The van der Waals surface area contributed by atoms with E-state index < -0.39 is 34.5 Å². The smallest absolute Gasteiger partial charge is 0.276 e. The van der Waals surface area contributed by atoms with E-state index in [1.807, 2.05) is 6.92 Å². The minimum Gasteiger partial charge on any atom is -0.503 e. The van der Waals surface area contributed by atoms with Crippen molar-refractivity contribution in [3.05, 3.63) is 63.1 Å². The Morgan fingerprint density at radius 2 is 1.97 bits per heavy atom. The number of Topliss-reactive ketones (excluding diaryl/α,β-unsaturated/α-hetero) is 1. The molecular formula is C25H29F2N3O4. The largest absolute Gasteiger partial charge is 0.503 e. The number of hydrogen-bond donors (Lipinski definition) is 1. The van der Waals surface area contributed by atoms with Crippen LogP contribution in [0.1, 0.15) is 60.0 Å². The van der Waals surface area contributed by atoms with Gasteiger partial charge in [0.25, 0.3) is 5.91 Å². The topological polar surface area (TPSA) is 82.8 Å². The Morgan fingerprint density at radius 3 is 2.65 bits per heavy atom. The third kappa shape index (κ3) is 4.36. The van der Waals surface area contributed by atoms with Crippen LogP contribution in [0, 0.1) is 17.6 Å². The van der Waals surface area contributed by atoms with Gasteiger partial charge in [0.1, 0.15) is 17.8 Å². The van der Waals surface area contributed by atoms with Crippen LogP contribution in [0.2, 0.25) is 0 Å². The first-order chi connectivity index (χ1) is 16.1. The molecule has 2 aliphatic rings. The molecule has 3 heterocycles. The van der Waals surface area contributed by atoms with E-state index in [9.17, 15) is 28.3 Å². The van der Waals surface area contributed by atoms with Crippen LogP contribution in [0.15, 0.2) is 29.2 Å². The molecule has 0 aliphatic carbocycles. The van der Waals surface area contributed by atoms with Crippen LogP contribution < -0.4 is 5.43 Å². The van der Waals surface area contributed by atoms with Crippen molar-refractivity contribution in [2.75, 3.05) is 13.1 Å². The van der Waals surface area contributed by atoms with Gasteiger partial charge in [0, 0.05) is 37.8 Å². The SMILES string of the molecule is CC(C)CN1CC[C@H](C)N2C(=O)c3c(O)c(=O)c(C(=O)CCc4ccc(F)cc4F)cn3C[C@@H]12. The van der Waals surface area contributed by atoms with E-state index in [0.717, 1.165) is 31.6 Å². The number of fused-ring (bicyclic) bond motifs is 2. The molecule has 0 saturated carbocycles. The molecule has 34 heavy (non-hydrogen) atoms. The molecule has 4 rings (SSSR count). The molecule has 1 aromatic heterocycles. The summed E-state index contributed by atoms with van der Waals surface area (Å²) in [5.41, 5.74) is -1.11. The average Bonchev–Trinajstić information content (AvgIpc) is 2.76. The molecular weight excluding hydrogens is 444 g/mol. The summed E-state index contributed by atoms with van der Waals surface area (Å²) in [4.78, 5) is 43.0. The summed E-state index contributed by atoms with van der Waals surface area (Å²) in [6.45, 7) is 8.09. The van der Waals surface area contributed by atoms with Crippen LogP contribution in [-0.4, -0.2) is 56.5 Å². The summed E-state index contributed by atoms with van der Waals surface area (Å²) in [5, 5.41) is 10.6. The second kappa shape index (κ2) is 9.29. The quantitative estimate of drug-likeness (QED) is 0.652. The number of hydrogen-bond acceptors (Lipinski definition) is 5. The first kappa shape index (κ1) is 24.1. The van der Waals surface area contributed by atoms with E-state index in [1.165, 1.54) is 16.8 Å². The highest BCUT2D eigenvalue weighted by molar-refractivity contribution is 6.00. The van der Waals surface area contributed by atoms with Crippen molar-refractivity contribution in [2.24, 2.45) is 5.92 Å². The molecule has 1 saturated heterocycles. The van der Waals surface area contributed by atoms with Gasteiger partial charge in [0.2, 0.25) is 5.43 Å². The number of carbonyl (C=O) groups is 2. The summed E-state index contributed by atoms with van der Waals surface area (Å²) in [5.74, 6) is -2.84. The van der Waals surface area contributed by atoms with Gasteiger partial charge in [-0.3, -0.25) is 19.3 Å². The first-order valence-electron chi connectivity index (χ1n) is 11.6. The zero-order valence-corrected chi connectivity index (χ0v) is 19.6. The Morgan fingerprint density at radius 1 is 1.24 bits per heavy atom. The van der Waals surface area contributed by atoms with Crippen LogP contribution in [0.3, 0.4) is 0 Å². The Labute approximate surface area is 196 Å². The highest BCUT2D eigenvalue weighted by Crippen LogP contribution is 2.31. The number of amides is 1. The Kier molecular flexibility index (Phi) is 6.58. The molecule has 1 amide bonds. The van der Waals surface area contributed by atoms with Gasteiger partial charge in [-0.25, -0.2) is 8.78 Å². The van der Waals surface area contributed by atoms with E-state index in [0.29, 0.717) is 12.5 Å². The summed E-state index contributed by atoms with van der Waals surface area (Å²) < 4.78 is 28.6. The molecule has 0 spiro atoms. The normalized spacial score (nSPS) is 20.4. The van der Waals surface area contributed by atoms with Crippen molar-refractivity contribution in [2.45, 2.75) is 58.8 Å². The average molecular weight is 474 g/mol. The van der Waals surface area contributed by atoms with Crippen LogP contribution in [0.5, 0.6) is 5.75 Å². The van der Waals surface area contributed by atoms with Gasteiger partial charge in [0.15, 0.2) is 17.2 Å². The van der Waals surface area contributed by atoms with Crippen LogP contribution in [0.25, 0.3) is 0 Å². The molecule has 2 atom stereocenters. The molecule has 182 valence electrons. The maximum absolute atomic E-state index is 13.9. The summed E-state index contributed by atoms with van der Waals surface area (Å²) in [7, 11) is 0. The van der Waals surface area contributed by atoms with E-state index >= 15 is 0 Å². The molecule has 7 nitrogen and oxygen atoms in total. The number of aryl methyl sites for hydroxylation is 1. The van der Waals surface area contributed by atoms with E-state index in [1.54, 1.807) is 4.90 Å². The first-order valence-corrected chi connectivity index (χ1v) is 11.6. The lowest BCUT2D eigenvalue weighted by Gasteiger charge is -2.50. The fraction of sp³-hybridized carbons (Fsp3) is 0.480. The summed E-state index contributed by atoms with van der Waals surface area (Å²) in [6.07, 6.45) is 1.65. The minimum atomic E-state index is -0.911. The number of carbonyl (C=O) groups excluding carboxylic acids is 2. The standard InChI is InChI=1S/C25H29F2N3O4/c1-14(2)11-28-9-8-15(3)30-21(28)13-29-12-18(23(32)24(33)22(29)25(30)34)20(31)7-5-16-4-6-17(26)10-19(16)27/h4,6,10,12,14-15,21,33H,5,7-9,11,13H2,1-3H3/t15-,21-/m0/s1. The van der Waals surface area contributed by atoms with Gasteiger partial charge >= 0.3 is 0 Å². The third-order valence-electron chi connectivity index (χ3n) is 6.64. The van der Waals surface area contributed by atoms with Crippen LogP contribution >= 0.6 is 0 Å². The maximum atomic E-state index is 13.9. The maximum Gasteiger partial charge on any atom is 0.276 e. The summed E-state index contributed by atoms with van der Waals surface area (Å²) in [6, 6.07) is 3.06. The molecule has 2 aromatic rings. The minimum absolute atomic E-state index is 0.0259. The fourth-order valence-corrected chi connectivity index (χ4v) is 4.95. The monoisotopic (exact) mass is 473 g/mol.